The molecule has 0 fully saturated rings. The molecule has 0 aliphatic carbocycles. The SMILES string of the molecule is CC(C)(C)OC(=O)NC[C@@H](N)C(c1ccccc1)c1ccccc1. The fraction of sp³-hybridized carbons (Fsp3) is 0.350. The summed E-state index contributed by atoms with van der Waals surface area (Å²) in [5, 5.41) is 2.77. The Bertz CT molecular complexity index is 596. The standard InChI is InChI=1S/C20H26N2O2/c1-20(2,3)24-19(23)22-14-17(21)18(15-10-6-4-7-11-15)16-12-8-5-9-13-16/h4-13,17-18H,14,21H2,1-3H3,(H,22,23)/t17-/m1/s1. The van der Waals surface area contributed by atoms with Gasteiger partial charge in [0.05, 0.1) is 0 Å². The van der Waals surface area contributed by atoms with Crippen LogP contribution in [-0.4, -0.2) is 24.3 Å². The molecule has 0 aliphatic rings. The van der Waals surface area contributed by atoms with E-state index in [1.165, 1.54) is 0 Å². The molecule has 4 heteroatoms. The summed E-state index contributed by atoms with van der Waals surface area (Å²) in [6.45, 7) is 5.85. The lowest BCUT2D eigenvalue weighted by Crippen LogP contribution is -2.43. The van der Waals surface area contributed by atoms with Crippen molar-refractivity contribution < 1.29 is 9.53 Å². The largest absolute Gasteiger partial charge is 0.444 e. The summed E-state index contributed by atoms with van der Waals surface area (Å²) >= 11 is 0. The van der Waals surface area contributed by atoms with Crippen LogP contribution in [0.3, 0.4) is 0 Å². The van der Waals surface area contributed by atoms with Crippen molar-refractivity contribution in [2.75, 3.05) is 6.54 Å². The molecule has 24 heavy (non-hydrogen) atoms. The summed E-state index contributed by atoms with van der Waals surface area (Å²) < 4.78 is 5.27. The number of ether oxygens (including phenoxy) is 1. The minimum absolute atomic E-state index is 0.00216. The molecule has 1 amide bonds. The Morgan fingerprint density at radius 3 is 1.88 bits per heavy atom. The van der Waals surface area contributed by atoms with E-state index in [4.69, 9.17) is 10.5 Å². The topological polar surface area (TPSA) is 64.3 Å². The van der Waals surface area contributed by atoms with E-state index in [2.05, 4.69) is 29.6 Å². The molecule has 0 radical (unpaired) electrons. The van der Waals surface area contributed by atoms with Crippen LogP contribution in [0.25, 0.3) is 0 Å². The molecular formula is C20H26N2O2. The number of hydrogen-bond acceptors (Lipinski definition) is 3. The zero-order chi connectivity index (χ0) is 17.6. The highest BCUT2D eigenvalue weighted by molar-refractivity contribution is 5.67. The summed E-state index contributed by atoms with van der Waals surface area (Å²) in [5.74, 6) is 0.00216. The van der Waals surface area contributed by atoms with Gasteiger partial charge in [-0.3, -0.25) is 0 Å². The van der Waals surface area contributed by atoms with E-state index >= 15 is 0 Å². The van der Waals surface area contributed by atoms with Gasteiger partial charge >= 0.3 is 6.09 Å². The van der Waals surface area contributed by atoms with Crippen LogP contribution in [0.5, 0.6) is 0 Å². The van der Waals surface area contributed by atoms with Gasteiger partial charge in [-0.2, -0.15) is 0 Å². The van der Waals surface area contributed by atoms with Crippen LogP contribution in [0.2, 0.25) is 0 Å². The van der Waals surface area contributed by atoms with Crippen molar-refractivity contribution >= 4 is 6.09 Å². The number of amides is 1. The Balaban J connectivity index is 2.12. The first-order valence-electron chi connectivity index (χ1n) is 8.19. The van der Waals surface area contributed by atoms with E-state index in [-0.39, 0.29) is 12.0 Å². The normalized spacial score (nSPS) is 12.7. The van der Waals surface area contributed by atoms with Crippen LogP contribution in [0.15, 0.2) is 60.7 Å². The van der Waals surface area contributed by atoms with Gasteiger partial charge in [-0.05, 0) is 31.9 Å². The quantitative estimate of drug-likeness (QED) is 0.881. The monoisotopic (exact) mass is 326 g/mol. The van der Waals surface area contributed by atoms with Crippen molar-refractivity contribution in [3.8, 4) is 0 Å². The van der Waals surface area contributed by atoms with E-state index in [0.717, 1.165) is 11.1 Å². The van der Waals surface area contributed by atoms with Crippen molar-refractivity contribution in [3.05, 3.63) is 71.8 Å². The first-order valence-corrected chi connectivity index (χ1v) is 8.19. The average molecular weight is 326 g/mol. The highest BCUT2D eigenvalue weighted by Gasteiger charge is 2.23. The van der Waals surface area contributed by atoms with Crippen LogP contribution < -0.4 is 11.1 Å². The lowest BCUT2D eigenvalue weighted by atomic mass is 9.85. The smallest absolute Gasteiger partial charge is 0.407 e. The Kier molecular flexibility index (Phi) is 5.99. The fourth-order valence-corrected chi connectivity index (χ4v) is 2.64. The van der Waals surface area contributed by atoms with Crippen LogP contribution in [0.4, 0.5) is 4.79 Å². The van der Waals surface area contributed by atoms with Gasteiger partial charge in [0.2, 0.25) is 0 Å². The molecule has 0 aromatic heterocycles. The molecule has 0 heterocycles. The Hall–Kier alpha value is -2.33. The van der Waals surface area contributed by atoms with Gasteiger partial charge in [-0.1, -0.05) is 60.7 Å². The van der Waals surface area contributed by atoms with E-state index < -0.39 is 11.7 Å². The molecule has 0 saturated carbocycles. The number of nitrogens with two attached hydrogens (primary N) is 1. The van der Waals surface area contributed by atoms with E-state index in [1.807, 2.05) is 57.2 Å². The fourth-order valence-electron chi connectivity index (χ4n) is 2.64. The van der Waals surface area contributed by atoms with Gasteiger partial charge in [0.15, 0.2) is 0 Å². The highest BCUT2D eigenvalue weighted by atomic mass is 16.6. The van der Waals surface area contributed by atoms with Gasteiger partial charge in [0, 0.05) is 18.5 Å². The third kappa shape index (κ3) is 5.39. The zero-order valence-corrected chi connectivity index (χ0v) is 14.5. The van der Waals surface area contributed by atoms with Crippen LogP contribution >= 0.6 is 0 Å². The lowest BCUT2D eigenvalue weighted by molar-refractivity contribution is 0.0523. The molecule has 0 aliphatic heterocycles. The number of rotatable bonds is 5. The first kappa shape index (κ1) is 18.0. The molecule has 0 unspecified atom stereocenters. The second-order valence-corrected chi connectivity index (χ2v) is 6.85. The molecule has 3 N–H and O–H groups in total. The van der Waals surface area contributed by atoms with Crippen molar-refractivity contribution in [2.24, 2.45) is 5.73 Å². The first-order chi connectivity index (χ1) is 11.4. The van der Waals surface area contributed by atoms with Gasteiger partial charge in [0.1, 0.15) is 5.60 Å². The Morgan fingerprint density at radius 2 is 1.46 bits per heavy atom. The molecule has 128 valence electrons. The van der Waals surface area contributed by atoms with Gasteiger partial charge in [-0.25, -0.2) is 4.79 Å². The van der Waals surface area contributed by atoms with Gasteiger partial charge in [-0.15, -0.1) is 0 Å². The summed E-state index contributed by atoms with van der Waals surface area (Å²) in [6.07, 6.45) is -0.446. The second-order valence-electron chi connectivity index (χ2n) is 6.85. The molecule has 2 aromatic carbocycles. The average Bonchev–Trinajstić information content (AvgIpc) is 2.54. The predicted octanol–water partition coefficient (Wildman–Crippen LogP) is 3.67. The number of carbonyl (C=O) groups excluding carboxylic acids is 1. The summed E-state index contributed by atoms with van der Waals surface area (Å²) in [6, 6.07) is 19.9. The number of nitrogens with one attached hydrogen (secondary N) is 1. The summed E-state index contributed by atoms with van der Waals surface area (Å²) in [5.41, 5.74) is 8.16. The third-order valence-corrected chi connectivity index (χ3v) is 3.63. The molecule has 0 spiro atoms. The third-order valence-electron chi connectivity index (χ3n) is 3.63. The minimum Gasteiger partial charge on any atom is -0.444 e. The molecule has 2 aromatic rings. The maximum atomic E-state index is 11.9. The van der Waals surface area contributed by atoms with Gasteiger partial charge < -0.3 is 15.8 Å². The molecule has 0 saturated heterocycles. The maximum Gasteiger partial charge on any atom is 0.407 e. The number of alkyl carbamates (subject to hydrolysis) is 1. The van der Waals surface area contributed by atoms with E-state index in [9.17, 15) is 4.79 Å². The van der Waals surface area contributed by atoms with E-state index in [0.29, 0.717) is 6.54 Å². The number of benzene rings is 2. The Morgan fingerprint density at radius 1 is 1.00 bits per heavy atom. The molecule has 0 bridgehead atoms. The lowest BCUT2D eigenvalue weighted by Gasteiger charge is -2.26. The van der Waals surface area contributed by atoms with E-state index in [1.54, 1.807) is 0 Å². The number of hydrogen-bond donors (Lipinski definition) is 2. The predicted molar refractivity (Wildman–Crippen MR) is 96.9 cm³/mol. The molecular weight excluding hydrogens is 300 g/mol. The zero-order valence-electron chi connectivity index (χ0n) is 14.5. The van der Waals surface area contributed by atoms with Crippen molar-refractivity contribution in [3.63, 3.8) is 0 Å². The summed E-state index contributed by atoms with van der Waals surface area (Å²) in [7, 11) is 0. The van der Waals surface area contributed by atoms with Crippen LogP contribution in [0, 0.1) is 0 Å². The maximum absolute atomic E-state index is 11.9. The molecule has 2 rings (SSSR count). The van der Waals surface area contributed by atoms with Crippen LogP contribution in [-0.2, 0) is 4.74 Å². The number of carbonyl (C=O) groups is 1. The molecule has 1 atom stereocenters. The summed E-state index contributed by atoms with van der Waals surface area (Å²) in [4.78, 5) is 11.9. The van der Waals surface area contributed by atoms with Crippen molar-refractivity contribution in [2.45, 2.75) is 38.3 Å². The molecule has 4 nitrogen and oxygen atoms in total. The second kappa shape index (κ2) is 7.97. The van der Waals surface area contributed by atoms with Gasteiger partial charge in [0.25, 0.3) is 0 Å². The highest BCUT2D eigenvalue weighted by Crippen LogP contribution is 2.26. The Labute approximate surface area is 144 Å². The van der Waals surface area contributed by atoms with Crippen molar-refractivity contribution in [1.82, 2.24) is 5.32 Å². The van der Waals surface area contributed by atoms with Crippen molar-refractivity contribution in [1.29, 1.82) is 0 Å². The van der Waals surface area contributed by atoms with Crippen LogP contribution in [0.1, 0.15) is 37.8 Å². The minimum atomic E-state index is -0.521.